The molecule has 1 N–H and O–H groups in total. The van der Waals surface area contributed by atoms with E-state index in [1.165, 1.54) is 5.39 Å². The Balaban J connectivity index is 2.57. The van der Waals surface area contributed by atoms with Crippen molar-refractivity contribution in [1.82, 2.24) is 0 Å². The van der Waals surface area contributed by atoms with Crippen LogP contribution in [0.1, 0.15) is 0 Å². The van der Waals surface area contributed by atoms with E-state index in [-0.39, 0.29) is 5.75 Å². The summed E-state index contributed by atoms with van der Waals surface area (Å²) in [6.45, 7) is 0. The first-order chi connectivity index (χ1) is 7.34. The number of fused-ring (bicyclic) bond motifs is 3. The monoisotopic (exact) mass is 193 g/mol. The SMILES string of the molecule is Oc1c[c]c2ccc3ccccc3c2c1. The van der Waals surface area contributed by atoms with Gasteiger partial charge in [0.1, 0.15) is 5.75 Å². The summed E-state index contributed by atoms with van der Waals surface area (Å²) in [6.07, 6.45) is 0. The van der Waals surface area contributed by atoms with E-state index in [0.717, 1.165) is 16.2 Å². The molecule has 71 valence electrons. The molecule has 0 unspecified atom stereocenters. The molecule has 0 aromatic heterocycles. The van der Waals surface area contributed by atoms with Crippen molar-refractivity contribution in [3.8, 4) is 5.75 Å². The smallest absolute Gasteiger partial charge is 0.116 e. The van der Waals surface area contributed by atoms with Crippen LogP contribution < -0.4 is 0 Å². The molecule has 0 aliphatic carbocycles. The predicted octanol–water partition coefficient (Wildman–Crippen LogP) is 3.50. The van der Waals surface area contributed by atoms with Crippen molar-refractivity contribution in [2.24, 2.45) is 0 Å². The van der Waals surface area contributed by atoms with E-state index in [9.17, 15) is 5.11 Å². The third-order valence-electron chi connectivity index (χ3n) is 2.64. The lowest BCUT2D eigenvalue weighted by molar-refractivity contribution is 0.476. The highest BCUT2D eigenvalue weighted by atomic mass is 16.3. The second kappa shape index (κ2) is 2.99. The second-order valence-electron chi connectivity index (χ2n) is 3.61. The highest BCUT2D eigenvalue weighted by Crippen LogP contribution is 2.27. The van der Waals surface area contributed by atoms with Crippen LogP contribution in [-0.2, 0) is 0 Å². The fourth-order valence-corrected chi connectivity index (χ4v) is 1.92. The van der Waals surface area contributed by atoms with Crippen molar-refractivity contribution in [1.29, 1.82) is 0 Å². The number of aromatic hydroxyl groups is 1. The molecule has 0 aliphatic rings. The highest BCUT2D eigenvalue weighted by molar-refractivity contribution is 6.07. The number of benzene rings is 3. The average molecular weight is 193 g/mol. The van der Waals surface area contributed by atoms with Crippen LogP contribution in [0, 0.1) is 6.07 Å². The topological polar surface area (TPSA) is 20.2 Å². The first kappa shape index (κ1) is 8.30. The van der Waals surface area contributed by atoms with E-state index in [2.05, 4.69) is 24.3 Å². The van der Waals surface area contributed by atoms with Gasteiger partial charge in [-0.25, -0.2) is 0 Å². The molecule has 0 amide bonds. The molecular formula is C14H9O. The number of phenolic OH excluding ortho intramolecular Hbond substituents is 1. The summed E-state index contributed by atoms with van der Waals surface area (Å²) in [5, 5.41) is 13.9. The van der Waals surface area contributed by atoms with Crippen molar-refractivity contribution in [2.75, 3.05) is 0 Å². The predicted molar refractivity (Wildman–Crippen MR) is 62.0 cm³/mol. The molecule has 3 rings (SSSR count). The van der Waals surface area contributed by atoms with Gasteiger partial charge in [-0.1, -0.05) is 36.4 Å². The molecular weight excluding hydrogens is 184 g/mol. The normalized spacial score (nSPS) is 10.9. The van der Waals surface area contributed by atoms with Gasteiger partial charge >= 0.3 is 0 Å². The van der Waals surface area contributed by atoms with Crippen LogP contribution in [0.2, 0.25) is 0 Å². The van der Waals surface area contributed by atoms with Crippen molar-refractivity contribution in [3.05, 3.63) is 54.6 Å². The molecule has 0 bridgehead atoms. The van der Waals surface area contributed by atoms with Crippen LogP contribution in [0.3, 0.4) is 0 Å². The molecule has 0 fully saturated rings. The van der Waals surface area contributed by atoms with Crippen LogP contribution in [0.15, 0.2) is 48.5 Å². The molecule has 1 heteroatoms. The fourth-order valence-electron chi connectivity index (χ4n) is 1.92. The molecule has 3 aromatic carbocycles. The van der Waals surface area contributed by atoms with E-state index >= 15 is 0 Å². The van der Waals surface area contributed by atoms with E-state index < -0.39 is 0 Å². The highest BCUT2D eigenvalue weighted by Gasteiger charge is 2.00. The molecule has 0 saturated carbocycles. The molecule has 15 heavy (non-hydrogen) atoms. The number of phenols is 1. The molecule has 0 atom stereocenters. The van der Waals surface area contributed by atoms with Gasteiger partial charge in [-0.3, -0.25) is 0 Å². The summed E-state index contributed by atoms with van der Waals surface area (Å²) >= 11 is 0. The van der Waals surface area contributed by atoms with E-state index in [0.29, 0.717) is 0 Å². The summed E-state index contributed by atoms with van der Waals surface area (Å²) in [6, 6.07) is 18.7. The Hall–Kier alpha value is -2.02. The zero-order chi connectivity index (χ0) is 10.3. The van der Waals surface area contributed by atoms with Crippen molar-refractivity contribution < 1.29 is 5.11 Å². The van der Waals surface area contributed by atoms with Gasteiger partial charge in [-0.05, 0) is 39.7 Å². The third-order valence-corrected chi connectivity index (χ3v) is 2.64. The lowest BCUT2D eigenvalue weighted by Gasteiger charge is -2.03. The Morgan fingerprint density at radius 3 is 2.73 bits per heavy atom. The quantitative estimate of drug-likeness (QED) is 0.542. The lowest BCUT2D eigenvalue weighted by atomic mass is 10.0. The maximum Gasteiger partial charge on any atom is 0.116 e. The Bertz CT molecular complexity index is 641. The van der Waals surface area contributed by atoms with Crippen molar-refractivity contribution in [2.45, 2.75) is 0 Å². The Kier molecular flexibility index (Phi) is 1.65. The standard InChI is InChI=1S/C14H9O/c15-12-8-7-11-6-5-10-3-1-2-4-13(10)14(11)9-12/h1-6,8-9,15H. The Labute approximate surface area is 87.6 Å². The van der Waals surface area contributed by atoms with Gasteiger partial charge in [0.05, 0.1) is 0 Å². The Morgan fingerprint density at radius 2 is 1.80 bits per heavy atom. The zero-order valence-electron chi connectivity index (χ0n) is 8.07. The van der Waals surface area contributed by atoms with Gasteiger partial charge in [0.15, 0.2) is 0 Å². The number of hydrogen-bond acceptors (Lipinski definition) is 1. The maximum absolute atomic E-state index is 9.46. The number of rotatable bonds is 0. The van der Waals surface area contributed by atoms with E-state index in [1.807, 2.05) is 18.2 Å². The molecule has 1 radical (unpaired) electrons. The van der Waals surface area contributed by atoms with Gasteiger partial charge in [-0.15, -0.1) is 0 Å². The van der Waals surface area contributed by atoms with E-state index in [1.54, 1.807) is 12.1 Å². The van der Waals surface area contributed by atoms with E-state index in [4.69, 9.17) is 0 Å². The zero-order valence-corrected chi connectivity index (χ0v) is 8.07. The summed E-state index contributed by atoms with van der Waals surface area (Å²) in [4.78, 5) is 0. The first-order valence-electron chi connectivity index (χ1n) is 4.87. The molecule has 0 spiro atoms. The fraction of sp³-hybridized carbons (Fsp3) is 0. The largest absolute Gasteiger partial charge is 0.508 e. The van der Waals surface area contributed by atoms with Crippen LogP contribution in [-0.4, -0.2) is 5.11 Å². The minimum Gasteiger partial charge on any atom is -0.508 e. The molecule has 0 saturated heterocycles. The summed E-state index contributed by atoms with van der Waals surface area (Å²) in [7, 11) is 0. The van der Waals surface area contributed by atoms with Crippen LogP contribution in [0.25, 0.3) is 21.5 Å². The molecule has 0 heterocycles. The molecule has 0 aliphatic heterocycles. The van der Waals surface area contributed by atoms with Crippen molar-refractivity contribution >= 4 is 21.5 Å². The van der Waals surface area contributed by atoms with Crippen molar-refractivity contribution in [3.63, 3.8) is 0 Å². The van der Waals surface area contributed by atoms with Gasteiger partial charge < -0.3 is 5.11 Å². The number of hydrogen-bond donors (Lipinski definition) is 1. The molecule has 1 nitrogen and oxygen atoms in total. The Morgan fingerprint density at radius 1 is 0.933 bits per heavy atom. The second-order valence-corrected chi connectivity index (χ2v) is 3.61. The maximum atomic E-state index is 9.46. The van der Waals surface area contributed by atoms with Crippen LogP contribution in [0.4, 0.5) is 0 Å². The lowest BCUT2D eigenvalue weighted by Crippen LogP contribution is -1.77. The minimum atomic E-state index is 0.263. The minimum absolute atomic E-state index is 0.263. The van der Waals surface area contributed by atoms with Gasteiger partial charge in [0, 0.05) is 0 Å². The summed E-state index contributed by atoms with van der Waals surface area (Å²) < 4.78 is 0. The molecule has 3 aromatic rings. The van der Waals surface area contributed by atoms with Crippen LogP contribution >= 0.6 is 0 Å². The van der Waals surface area contributed by atoms with Crippen LogP contribution in [0.5, 0.6) is 5.75 Å². The first-order valence-corrected chi connectivity index (χ1v) is 4.87. The summed E-state index contributed by atoms with van der Waals surface area (Å²) in [5.41, 5.74) is 0. The third kappa shape index (κ3) is 1.24. The van der Waals surface area contributed by atoms with Gasteiger partial charge in [0.2, 0.25) is 0 Å². The average Bonchev–Trinajstić information content (AvgIpc) is 2.29. The summed E-state index contributed by atoms with van der Waals surface area (Å²) in [5.74, 6) is 0.263. The van der Waals surface area contributed by atoms with Gasteiger partial charge in [0.25, 0.3) is 0 Å². The van der Waals surface area contributed by atoms with Gasteiger partial charge in [-0.2, -0.15) is 0 Å².